The number of nitrogens with one attached hydrogen (secondary N) is 1. The van der Waals surface area contributed by atoms with Crippen LogP contribution in [0.25, 0.3) is 10.9 Å². The summed E-state index contributed by atoms with van der Waals surface area (Å²) in [7, 11) is 1.48. The van der Waals surface area contributed by atoms with Gasteiger partial charge in [-0.05, 0) is 42.3 Å². The Morgan fingerprint density at radius 3 is 2.81 bits per heavy atom. The highest BCUT2D eigenvalue weighted by molar-refractivity contribution is 6.06. The smallest absolute Gasteiger partial charge is 0.272 e. The van der Waals surface area contributed by atoms with Crippen LogP contribution in [0.1, 0.15) is 28.5 Å². The molecule has 1 aromatic heterocycles. The minimum atomic E-state index is -0.313. The number of ether oxygens (including phenoxy) is 1. The summed E-state index contributed by atoms with van der Waals surface area (Å²) in [4.78, 5) is 17.1. The van der Waals surface area contributed by atoms with E-state index in [0.29, 0.717) is 16.9 Å². The number of phenolic OH excluding ortho intramolecular Hbond substituents is 1. The number of rotatable bonds is 5. The van der Waals surface area contributed by atoms with Gasteiger partial charge in [0.25, 0.3) is 5.91 Å². The van der Waals surface area contributed by atoms with Crippen LogP contribution in [0.15, 0.2) is 53.6 Å². The monoisotopic (exact) mass is 349 g/mol. The number of hydrazone groups is 1. The van der Waals surface area contributed by atoms with Crippen molar-refractivity contribution >= 4 is 23.0 Å². The minimum Gasteiger partial charge on any atom is -0.504 e. The number of hydrogen-bond donors (Lipinski definition) is 2. The average molecular weight is 349 g/mol. The predicted octanol–water partition coefficient (Wildman–Crippen LogP) is 3.28. The molecule has 0 spiro atoms. The molecule has 2 N–H and O–H groups in total. The van der Waals surface area contributed by atoms with Crippen LogP contribution in [-0.4, -0.2) is 29.3 Å². The highest BCUT2D eigenvalue weighted by Crippen LogP contribution is 2.25. The fourth-order valence-corrected chi connectivity index (χ4v) is 2.61. The first-order valence-corrected chi connectivity index (χ1v) is 8.21. The quantitative estimate of drug-likeness (QED) is 0.547. The van der Waals surface area contributed by atoms with Crippen molar-refractivity contribution in [3.05, 3.63) is 65.4 Å². The van der Waals surface area contributed by atoms with Crippen LogP contribution in [-0.2, 0) is 6.42 Å². The van der Waals surface area contributed by atoms with Crippen LogP contribution in [0.4, 0.5) is 0 Å². The van der Waals surface area contributed by atoms with Gasteiger partial charge in [0.2, 0.25) is 0 Å². The van der Waals surface area contributed by atoms with Crippen molar-refractivity contribution < 1.29 is 14.6 Å². The first kappa shape index (κ1) is 17.4. The molecule has 6 nitrogen and oxygen atoms in total. The summed E-state index contributed by atoms with van der Waals surface area (Å²) in [5.41, 5.74) is 5.32. The molecule has 0 bridgehead atoms. The Bertz CT molecular complexity index is 983. The molecule has 2 aromatic carbocycles. The van der Waals surface area contributed by atoms with Gasteiger partial charge in [0.15, 0.2) is 11.5 Å². The van der Waals surface area contributed by atoms with Crippen LogP contribution < -0.4 is 10.2 Å². The lowest BCUT2D eigenvalue weighted by Gasteiger charge is -2.07. The summed E-state index contributed by atoms with van der Waals surface area (Å²) in [6, 6.07) is 14.2. The molecule has 0 aliphatic rings. The van der Waals surface area contributed by atoms with Gasteiger partial charge in [0.05, 0.1) is 24.4 Å². The zero-order valence-corrected chi connectivity index (χ0v) is 14.6. The SMILES string of the molecule is CCc1cc(C(=O)NN=Cc2ccc(OC)c(O)c2)c2ccccc2n1. The molecule has 0 aliphatic heterocycles. The molecule has 0 saturated heterocycles. The zero-order valence-electron chi connectivity index (χ0n) is 14.6. The Morgan fingerprint density at radius 2 is 2.08 bits per heavy atom. The molecular weight excluding hydrogens is 330 g/mol. The minimum absolute atomic E-state index is 0.00971. The molecule has 3 aromatic rings. The summed E-state index contributed by atoms with van der Waals surface area (Å²) in [6.45, 7) is 1.99. The molecule has 3 rings (SSSR count). The highest BCUT2D eigenvalue weighted by atomic mass is 16.5. The number of aryl methyl sites for hydroxylation is 1. The van der Waals surface area contributed by atoms with E-state index in [1.807, 2.05) is 31.2 Å². The number of phenols is 1. The zero-order chi connectivity index (χ0) is 18.5. The highest BCUT2D eigenvalue weighted by Gasteiger charge is 2.11. The van der Waals surface area contributed by atoms with Crippen molar-refractivity contribution in [3.63, 3.8) is 0 Å². The normalized spacial score (nSPS) is 11.0. The molecule has 1 amide bonds. The molecule has 0 radical (unpaired) electrons. The van der Waals surface area contributed by atoms with E-state index in [9.17, 15) is 9.90 Å². The van der Waals surface area contributed by atoms with E-state index in [1.54, 1.807) is 18.2 Å². The van der Waals surface area contributed by atoms with E-state index in [0.717, 1.165) is 23.0 Å². The summed E-state index contributed by atoms with van der Waals surface area (Å²) < 4.78 is 4.99. The number of methoxy groups -OCH3 is 1. The van der Waals surface area contributed by atoms with Crippen molar-refractivity contribution in [2.45, 2.75) is 13.3 Å². The summed E-state index contributed by atoms with van der Waals surface area (Å²) in [5.74, 6) is 0.0734. The average Bonchev–Trinajstić information content (AvgIpc) is 2.67. The molecule has 0 atom stereocenters. The van der Waals surface area contributed by atoms with Gasteiger partial charge in [-0.3, -0.25) is 9.78 Å². The molecule has 0 unspecified atom stereocenters. The maximum Gasteiger partial charge on any atom is 0.272 e. The number of benzene rings is 2. The van der Waals surface area contributed by atoms with Crippen molar-refractivity contribution in [1.29, 1.82) is 0 Å². The lowest BCUT2D eigenvalue weighted by molar-refractivity contribution is 0.0956. The number of aromatic hydroxyl groups is 1. The molecule has 0 saturated carbocycles. The summed E-state index contributed by atoms with van der Waals surface area (Å²) in [6.07, 6.45) is 2.20. The van der Waals surface area contributed by atoms with Gasteiger partial charge in [0, 0.05) is 11.1 Å². The predicted molar refractivity (Wildman–Crippen MR) is 101 cm³/mol. The summed E-state index contributed by atoms with van der Waals surface area (Å²) >= 11 is 0. The van der Waals surface area contributed by atoms with Gasteiger partial charge < -0.3 is 9.84 Å². The third-order valence-corrected chi connectivity index (χ3v) is 3.96. The van der Waals surface area contributed by atoms with Crippen molar-refractivity contribution in [2.75, 3.05) is 7.11 Å². The second-order valence-electron chi connectivity index (χ2n) is 5.66. The second kappa shape index (κ2) is 7.65. The Hall–Kier alpha value is -3.41. The number of para-hydroxylation sites is 1. The fourth-order valence-electron chi connectivity index (χ4n) is 2.61. The Morgan fingerprint density at radius 1 is 1.27 bits per heavy atom. The standard InChI is InChI=1S/C20H19N3O3/c1-3-14-11-16(15-6-4-5-7-17(15)22-14)20(25)23-21-12-13-8-9-19(26-2)18(24)10-13/h4-12,24H,3H2,1-2H3,(H,23,25). The van der Waals surface area contributed by atoms with Crippen LogP contribution >= 0.6 is 0 Å². The van der Waals surface area contributed by atoms with Crippen LogP contribution in [0, 0.1) is 0 Å². The topological polar surface area (TPSA) is 83.8 Å². The molecule has 1 heterocycles. The Kier molecular flexibility index (Phi) is 5.12. The van der Waals surface area contributed by atoms with Crippen molar-refractivity contribution in [1.82, 2.24) is 10.4 Å². The molecular formula is C20H19N3O3. The third kappa shape index (κ3) is 3.64. The van der Waals surface area contributed by atoms with E-state index in [1.165, 1.54) is 19.4 Å². The van der Waals surface area contributed by atoms with Crippen molar-refractivity contribution in [2.24, 2.45) is 5.10 Å². The number of carbonyl (C=O) groups excluding carboxylic acids is 1. The number of aromatic nitrogens is 1. The van der Waals surface area contributed by atoms with E-state index in [4.69, 9.17) is 4.74 Å². The number of amides is 1. The lowest BCUT2D eigenvalue weighted by Crippen LogP contribution is -2.18. The number of pyridine rings is 1. The molecule has 26 heavy (non-hydrogen) atoms. The van der Waals surface area contributed by atoms with Gasteiger partial charge >= 0.3 is 0 Å². The van der Waals surface area contributed by atoms with E-state index in [-0.39, 0.29) is 11.7 Å². The third-order valence-electron chi connectivity index (χ3n) is 3.96. The van der Waals surface area contributed by atoms with Crippen LogP contribution in [0.2, 0.25) is 0 Å². The van der Waals surface area contributed by atoms with Gasteiger partial charge in [-0.15, -0.1) is 0 Å². The molecule has 0 aliphatic carbocycles. The van der Waals surface area contributed by atoms with Gasteiger partial charge in [-0.2, -0.15) is 5.10 Å². The van der Waals surface area contributed by atoms with Crippen molar-refractivity contribution in [3.8, 4) is 11.5 Å². The number of fused-ring (bicyclic) bond motifs is 1. The first-order chi connectivity index (χ1) is 12.6. The first-order valence-electron chi connectivity index (χ1n) is 8.21. The second-order valence-corrected chi connectivity index (χ2v) is 5.66. The number of nitrogens with zero attached hydrogens (tertiary/aromatic N) is 2. The van der Waals surface area contributed by atoms with Gasteiger partial charge in [-0.25, -0.2) is 5.43 Å². The number of carbonyl (C=O) groups is 1. The van der Waals surface area contributed by atoms with E-state index in [2.05, 4.69) is 15.5 Å². The Balaban J connectivity index is 1.82. The molecule has 6 heteroatoms. The number of hydrogen-bond acceptors (Lipinski definition) is 5. The Labute approximate surface area is 151 Å². The van der Waals surface area contributed by atoms with Crippen LogP contribution in [0.3, 0.4) is 0 Å². The van der Waals surface area contributed by atoms with Crippen LogP contribution in [0.5, 0.6) is 11.5 Å². The van der Waals surface area contributed by atoms with Gasteiger partial charge in [0.1, 0.15) is 0 Å². The lowest BCUT2D eigenvalue weighted by atomic mass is 10.1. The van der Waals surface area contributed by atoms with Gasteiger partial charge in [-0.1, -0.05) is 25.1 Å². The maximum absolute atomic E-state index is 12.6. The maximum atomic E-state index is 12.6. The summed E-state index contributed by atoms with van der Waals surface area (Å²) in [5, 5.41) is 14.5. The fraction of sp³-hybridized carbons (Fsp3) is 0.150. The molecule has 132 valence electrons. The van der Waals surface area contributed by atoms with E-state index >= 15 is 0 Å². The largest absolute Gasteiger partial charge is 0.504 e. The molecule has 0 fully saturated rings. The van der Waals surface area contributed by atoms with E-state index < -0.39 is 0 Å².